The van der Waals surface area contributed by atoms with Crippen LogP contribution < -0.4 is 20.5 Å². The van der Waals surface area contributed by atoms with Gasteiger partial charge >= 0.3 is 12.1 Å². The van der Waals surface area contributed by atoms with Gasteiger partial charge in [0.05, 0.1) is 18.7 Å². The van der Waals surface area contributed by atoms with Crippen LogP contribution in [0.15, 0.2) is 29.2 Å². The van der Waals surface area contributed by atoms with Crippen molar-refractivity contribution in [2.75, 3.05) is 38.9 Å². The van der Waals surface area contributed by atoms with Gasteiger partial charge in [0.1, 0.15) is 16.9 Å². The van der Waals surface area contributed by atoms with Crippen molar-refractivity contribution in [1.29, 1.82) is 0 Å². The predicted molar refractivity (Wildman–Crippen MR) is 119 cm³/mol. The average molecular weight is 434 g/mol. The molecular formula is C22H31N3O6. The molecule has 170 valence electrons. The van der Waals surface area contributed by atoms with Crippen LogP contribution in [0, 0.1) is 0 Å². The zero-order valence-corrected chi connectivity index (χ0v) is 19.0. The summed E-state index contributed by atoms with van der Waals surface area (Å²) in [6.07, 6.45) is 1.59. The number of hydrogen-bond acceptors (Lipinski definition) is 7. The van der Waals surface area contributed by atoms with Crippen LogP contribution in [-0.2, 0) is 9.47 Å². The lowest BCUT2D eigenvalue weighted by molar-refractivity contribution is 0.0514. The van der Waals surface area contributed by atoms with Crippen LogP contribution in [0.25, 0.3) is 10.9 Å². The van der Waals surface area contributed by atoms with Gasteiger partial charge in [0.25, 0.3) is 0 Å². The second kappa shape index (κ2) is 10.2. The van der Waals surface area contributed by atoms with Gasteiger partial charge in [-0.05, 0) is 46.2 Å². The highest BCUT2D eigenvalue weighted by Crippen LogP contribution is 2.20. The third-order valence-corrected chi connectivity index (χ3v) is 4.14. The number of carbonyl (C=O) groups is 2. The Hall–Kier alpha value is -3.23. The molecule has 9 nitrogen and oxygen atoms in total. The number of nitrogens with zero attached hydrogens (tertiary/aromatic N) is 2. The Balaban J connectivity index is 2.11. The van der Waals surface area contributed by atoms with E-state index < -0.39 is 17.7 Å². The van der Waals surface area contributed by atoms with E-state index in [9.17, 15) is 14.4 Å². The van der Waals surface area contributed by atoms with Crippen molar-refractivity contribution in [3.05, 3.63) is 40.2 Å². The molecule has 0 unspecified atom stereocenters. The van der Waals surface area contributed by atoms with Gasteiger partial charge in [0, 0.05) is 38.3 Å². The maximum atomic E-state index is 12.8. The van der Waals surface area contributed by atoms with Crippen molar-refractivity contribution < 1.29 is 23.8 Å². The highest BCUT2D eigenvalue weighted by atomic mass is 16.6. The Kier molecular flexibility index (Phi) is 7.90. The maximum absolute atomic E-state index is 12.8. The standard InChI is InChI=1S/C22H31N3O6/c1-7-29-20(27)17-14-25(24(5)6)18-13-15(9-10-16(18)19(17)26)30-12-8-11-23-21(28)31-22(2,3)4/h9-10,13-14H,7-8,11-12H2,1-6H3,(H,23,28). The number of fused-ring (bicyclic) bond motifs is 1. The smallest absolute Gasteiger partial charge is 0.407 e. The third kappa shape index (κ3) is 6.63. The highest BCUT2D eigenvalue weighted by molar-refractivity contribution is 5.94. The Morgan fingerprint density at radius 3 is 2.52 bits per heavy atom. The van der Waals surface area contributed by atoms with E-state index in [2.05, 4.69) is 5.32 Å². The summed E-state index contributed by atoms with van der Waals surface area (Å²) < 4.78 is 17.6. The van der Waals surface area contributed by atoms with Gasteiger partial charge in [0.2, 0.25) is 5.43 Å². The highest BCUT2D eigenvalue weighted by Gasteiger charge is 2.18. The van der Waals surface area contributed by atoms with Gasteiger partial charge in [-0.2, -0.15) is 0 Å². The lowest BCUT2D eigenvalue weighted by atomic mass is 10.1. The first-order valence-electron chi connectivity index (χ1n) is 10.2. The molecule has 0 aliphatic rings. The number of amides is 1. The van der Waals surface area contributed by atoms with Crippen LogP contribution in [0.4, 0.5) is 4.79 Å². The monoisotopic (exact) mass is 433 g/mol. The summed E-state index contributed by atoms with van der Waals surface area (Å²) >= 11 is 0. The minimum Gasteiger partial charge on any atom is -0.493 e. The first kappa shape index (κ1) is 24.0. The third-order valence-electron chi connectivity index (χ3n) is 4.14. The lowest BCUT2D eigenvalue weighted by Gasteiger charge is -2.21. The number of nitrogens with one attached hydrogen (secondary N) is 1. The number of benzene rings is 1. The summed E-state index contributed by atoms with van der Waals surface area (Å²) in [5.41, 5.74) is -0.349. The number of aromatic nitrogens is 1. The number of pyridine rings is 1. The van der Waals surface area contributed by atoms with Gasteiger partial charge in [-0.25, -0.2) is 9.59 Å². The topological polar surface area (TPSA) is 99.1 Å². The van der Waals surface area contributed by atoms with Gasteiger partial charge in [-0.15, -0.1) is 0 Å². The second-order valence-electron chi connectivity index (χ2n) is 8.09. The normalized spacial score (nSPS) is 11.2. The summed E-state index contributed by atoms with van der Waals surface area (Å²) in [6.45, 7) is 8.07. The minimum absolute atomic E-state index is 0.0232. The molecule has 0 saturated heterocycles. The van der Waals surface area contributed by atoms with Crippen molar-refractivity contribution in [3.8, 4) is 5.75 Å². The minimum atomic E-state index is -0.650. The molecule has 2 rings (SSSR count). The van der Waals surface area contributed by atoms with Crippen molar-refractivity contribution in [3.63, 3.8) is 0 Å². The molecule has 1 heterocycles. The molecule has 31 heavy (non-hydrogen) atoms. The molecule has 1 aromatic carbocycles. The van der Waals surface area contributed by atoms with E-state index in [-0.39, 0.29) is 17.6 Å². The molecule has 0 bridgehead atoms. The van der Waals surface area contributed by atoms with Crippen LogP contribution >= 0.6 is 0 Å². The Morgan fingerprint density at radius 1 is 1.19 bits per heavy atom. The van der Waals surface area contributed by atoms with E-state index in [1.165, 1.54) is 6.20 Å². The largest absolute Gasteiger partial charge is 0.493 e. The number of esters is 1. The van der Waals surface area contributed by atoms with Crippen LogP contribution in [0.3, 0.4) is 0 Å². The molecule has 0 aliphatic heterocycles. The number of hydrogen-bond donors (Lipinski definition) is 1. The number of alkyl carbamates (subject to hydrolysis) is 1. The van der Waals surface area contributed by atoms with Gasteiger partial charge in [0.15, 0.2) is 0 Å². The van der Waals surface area contributed by atoms with Crippen LogP contribution in [-0.4, -0.2) is 56.2 Å². The molecule has 0 spiro atoms. The van der Waals surface area contributed by atoms with E-state index in [0.29, 0.717) is 36.2 Å². The molecule has 0 aliphatic carbocycles. The van der Waals surface area contributed by atoms with Crippen molar-refractivity contribution >= 4 is 23.0 Å². The fourth-order valence-corrected chi connectivity index (χ4v) is 2.83. The fourth-order valence-electron chi connectivity index (χ4n) is 2.83. The van der Waals surface area contributed by atoms with Crippen molar-refractivity contribution in [1.82, 2.24) is 9.99 Å². The Morgan fingerprint density at radius 2 is 1.90 bits per heavy atom. The van der Waals surface area contributed by atoms with Gasteiger partial charge < -0.3 is 24.5 Å². The lowest BCUT2D eigenvalue weighted by Crippen LogP contribution is -2.33. The summed E-state index contributed by atoms with van der Waals surface area (Å²) in [7, 11) is 3.60. The van der Waals surface area contributed by atoms with Gasteiger partial charge in [-0.3, -0.25) is 9.47 Å². The summed E-state index contributed by atoms with van der Waals surface area (Å²) in [6, 6.07) is 5.06. The van der Waals surface area contributed by atoms with E-state index in [1.807, 2.05) is 0 Å². The second-order valence-corrected chi connectivity index (χ2v) is 8.09. The summed E-state index contributed by atoms with van der Waals surface area (Å²) in [4.78, 5) is 36.6. The maximum Gasteiger partial charge on any atom is 0.407 e. The molecule has 9 heteroatoms. The molecule has 0 atom stereocenters. The molecule has 2 aromatic rings. The van der Waals surface area contributed by atoms with E-state index in [1.54, 1.807) is 69.7 Å². The molecule has 0 radical (unpaired) electrons. The van der Waals surface area contributed by atoms with E-state index in [0.717, 1.165) is 0 Å². The summed E-state index contributed by atoms with van der Waals surface area (Å²) in [5, 5.41) is 4.81. The molecule has 1 amide bonds. The Bertz CT molecular complexity index is 991. The number of carbonyl (C=O) groups excluding carboxylic acids is 2. The van der Waals surface area contributed by atoms with Crippen molar-refractivity contribution in [2.45, 2.75) is 39.7 Å². The van der Waals surface area contributed by atoms with E-state index >= 15 is 0 Å². The zero-order chi connectivity index (χ0) is 23.2. The van der Waals surface area contributed by atoms with Crippen LogP contribution in [0.1, 0.15) is 44.5 Å². The fraction of sp³-hybridized carbons (Fsp3) is 0.500. The molecule has 0 saturated carbocycles. The van der Waals surface area contributed by atoms with E-state index in [4.69, 9.17) is 14.2 Å². The SMILES string of the molecule is CCOC(=O)c1cn(N(C)C)c2cc(OCCCNC(=O)OC(C)(C)C)ccc2c1=O. The van der Waals surface area contributed by atoms with Crippen LogP contribution in [0.2, 0.25) is 0 Å². The van der Waals surface area contributed by atoms with Crippen molar-refractivity contribution in [2.24, 2.45) is 0 Å². The molecular weight excluding hydrogens is 402 g/mol. The zero-order valence-electron chi connectivity index (χ0n) is 19.0. The molecule has 0 fully saturated rings. The predicted octanol–water partition coefficient (Wildman–Crippen LogP) is 2.67. The Labute approximate surface area is 181 Å². The average Bonchev–Trinajstić information content (AvgIpc) is 2.66. The van der Waals surface area contributed by atoms with Gasteiger partial charge in [-0.1, -0.05) is 0 Å². The quantitative estimate of drug-likeness (QED) is 0.505. The summed E-state index contributed by atoms with van der Waals surface area (Å²) in [5.74, 6) is -0.0773. The first-order chi connectivity index (χ1) is 14.5. The number of rotatable bonds is 8. The van der Waals surface area contributed by atoms with Crippen LogP contribution in [0.5, 0.6) is 5.75 Å². The molecule has 1 N–H and O–H groups in total. The molecule has 1 aromatic heterocycles. The first-order valence-corrected chi connectivity index (χ1v) is 10.2. The number of ether oxygens (including phenoxy) is 3.